The number of amides is 2. The third-order valence-corrected chi connectivity index (χ3v) is 7.53. The number of carbonyl (C=O) groups excluding carboxylic acids is 3. The number of esters is 1. The first kappa shape index (κ1) is 34.7. The van der Waals surface area contributed by atoms with E-state index >= 15 is 0 Å². The lowest BCUT2D eigenvalue weighted by molar-refractivity contribution is 0.0179. The summed E-state index contributed by atoms with van der Waals surface area (Å²) in [7, 11) is 6.71. The minimum atomic E-state index is -1.14. The molecule has 1 aliphatic rings. The van der Waals surface area contributed by atoms with E-state index in [0.717, 1.165) is 5.69 Å². The first-order valence-electron chi connectivity index (χ1n) is 14.9. The van der Waals surface area contributed by atoms with E-state index < -0.39 is 30.1 Å². The molecule has 250 valence electrons. The molecule has 3 aromatic carbocycles. The number of carboxylic acid groups (broad SMARTS) is 1. The number of hydrogen-bond donors (Lipinski definition) is 2. The number of ketones is 1. The number of ether oxygens (including phenoxy) is 5. The molecule has 47 heavy (non-hydrogen) atoms. The molecule has 1 aliphatic heterocycles. The monoisotopic (exact) mass is 649 g/mol. The molecule has 2 N–H and O–H groups in total. The summed E-state index contributed by atoms with van der Waals surface area (Å²) in [6.07, 6.45) is -1.19. The van der Waals surface area contributed by atoms with E-state index in [1.807, 2.05) is 25.1 Å². The smallest absolute Gasteiger partial charge is 0.407 e. The Hall–Kier alpha value is -5.14. The van der Waals surface area contributed by atoms with E-state index in [-0.39, 0.29) is 38.0 Å². The number of nitrogens with zero attached hydrogens (tertiary/aromatic N) is 2. The molecule has 0 radical (unpaired) electrons. The average molecular weight is 650 g/mol. The molecule has 1 fully saturated rings. The molecule has 3 aromatic rings. The highest BCUT2D eigenvalue weighted by Crippen LogP contribution is 2.27. The molecule has 4 rings (SSSR count). The van der Waals surface area contributed by atoms with Crippen molar-refractivity contribution in [2.24, 2.45) is 0 Å². The van der Waals surface area contributed by atoms with Crippen molar-refractivity contribution in [3.63, 3.8) is 0 Å². The average Bonchev–Trinajstić information content (AvgIpc) is 3.28. The van der Waals surface area contributed by atoms with Crippen molar-refractivity contribution in [1.29, 1.82) is 0 Å². The van der Waals surface area contributed by atoms with E-state index in [1.54, 1.807) is 36.4 Å². The molecule has 1 saturated heterocycles. The van der Waals surface area contributed by atoms with Gasteiger partial charge in [0.15, 0.2) is 19.4 Å². The summed E-state index contributed by atoms with van der Waals surface area (Å²) in [6, 6.07) is 16.8. The lowest BCUT2D eigenvalue weighted by Gasteiger charge is -2.28. The van der Waals surface area contributed by atoms with Gasteiger partial charge in [-0.05, 0) is 67.4 Å². The zero-order valence-electron chi connectivity index (χ0n) is 26.8. The fourth-order valence-electron chi connectivity index (χ4n) is 5.01. The molecule has 0 aliphatic carbocycles. The number of anilines is 1. The van der Waals surface area contributed by atoms with Crippen LogP contribution in [0, 0.1) is 0 Å². The highest BCUT2D eigenvalue weighted by Gasteiger charge is 2.33. The largest absolute Gasteiger partial charge is 0.468 e. The summed E-state index contributed by atoms with van der Waals surface area (Å²) in [5.74, 6) is -0.570. The second kappa shape index (κ2) is 16.4. The van der Waals surface area contributed by atoms with Gasteiger partial charge >= 0.3 is 12.1 Å². The maximum absolute atomic E-state index is 13.5. The van der Waals surface area contributed by atoms with Gasteiger partial charge in [-0.3, -0.25) is 9.59 Å². The van der Waals surface area contributed by atoms with Crippen molar-refractivity contribution >= 4 is 29.4 Å². The number of likely N-dealkylation sites (tertiary alicyclic amines) is 1. The normalized spacial score (nSPS) is 16.0. The molecule has 2 amide bonds. The van der Waals surface area contributed by atoms with Crippen molar-refractivity contribution in [2.75, 3.05) is 59.9 Å². The van der Waals surface area contributed by atoms with Crippen LogP contribution in [-0.4, -0.2) is 101 Å². The van der Waals surface area contributed by atoms with Gasteiger partial charge in [-0.25, -0.2) is 9.59 Å². The number of rotatable bonds is 13. The second-order valence-electron chi connectivity index (χ2n) is 11.0. The summed E-state index contributed by atoms with van der Waals surface area (Å²) in [5, 5.41) is 12.5. The Bertz CT molecular complexity index is 1540. The van der Waals surface area contributed by atoms with Crippen molar-refractivity contribution in [3.05, 3.63) is 89.0 Å². The Balaban J connectivity index is 1.49. The second-order valence-corrected chi connectivity index (χ2v) is 11.0. The molecule has 2 atom stereocenters. The van der Waals surface area contributed by atoms with Gasteiger partial charge in [-0.2, -0.15) is 0 Å². The summed E-state index contributed by atoms with van der Waals surface area (Å²) >= 11 is 0. The topological polar surface area (TPSA) is 153 Å². The SMILES string of the molecule is COCOc1ccc(C(=O)N[C@@H]2CN(C(=O)O)CCC[C@H]2OC(=O)c2ccc(C(=O)c3cc(N(C)C)ccc3OCOC)cc2)cc1. The Labute approximate surface area is 272 Å². The molecule has 0 aromatic heterocycles. The quantitative estimate of drug-likeness (QED) is 0.157. The Morgan fingerprint density at radius 2 is 1.51 bits per heavy atom. The van der Waals surface area contributed by atoms with Crippen LogP contribution in [0.15, 0.2) is 66.7 Å². The Morgan fingerprint density at radius 1 is 0.872 bits per heavy atom. The molecule has 1 heterocycles. The molecule has 0 saturated carbocycles. The van der Waals surface area contributed by atoms with Gasteiger partial charge in [0.25, 0.3) is 5.91 Å². The van der Waals surface area contributed by atoms with E-state index in [4.69, 9.17) is 23.7 Å². The van der Waals surface area contributed by atoms with Gasteiger partial charge < -0.3 is 43.9 Å². The maximum atomic E-state index is 13.5. The molecular formula is C34H39N3O10. The maximum Gasteiger partial charge on any atom is 0.407 e. The Kier molecular flexibility index (Phi) is 12.1. The van der Waals surface area contributed by atoms with Crippen LogP contribution in [0.3, 0.4) is 0 Å². The van der Waals surface area contributed by atoms with E-state index in [9.17, 15) is 24.3 Å². The highest BCUT2D eigenvalue weighted by atomic mass is 16.7. The number of benzene rings is 3. The van der Waals surface area contributed by atoms with Crippen LogP contribution in [0.1, 0.15) is 49.5 Å². The summed E-state index contributed by atoms with van der Waals surface area (Å²) in [6.45, 7) is 0.180. The third kappa shape index (κ3) is 9.21. The lowest BCUT2D eigenvalue weighted by atomic mass is 10.0. The van der Waals surface area contributed by atoms with Gasteiger partial charge in [-0.1, -0.05) is 12.1 Å². The molecule has 0 spiro atoms. The van der Waals surface area contributed by atoms with Crippen LogP contribution < -0.4 is 19.7 Å². The molecule has 0 unspecified atom stereocenters. The number of nitrogens with one attached hydrogen (secondary N) is 1. The summed E-state index contributed by atoms with van der Waals surface area (Å²) < 4.78 is 26.7. The fraction of sp³-hybridized carbons (Fsp3) is 0.353. The molecule has 13 nitrogen and oxygen atoms in total. The first-order chi connectivity index (χ1) is 22.6. The van der Waals surface area contributed by atoms with E-state index in [0.29, 0.717) is 41.0 Å². The number of carbonyl (C=O) groups is 4. The zero-order chi connectivity index (χ0) is 33.9. The van der Waals surface area contributed by atoms with Gasteiger partial charge in [0.2, 0.25) is 0 Å². The fourth-order valence-corrected chi connectivity index (χ4v) is 5.01. The van der Waals surface area contributed by atoms with Gasteiger partial charge in [0.05, 0.1) is 17.2 Å². The summed E-state index contributed by atoms with van der Waals surface area (Å²) in [4.78, 5) is 54.8. The van der Waals surface area contributed by atoms with Gasteiger partial charge in [-0.15, -0.1) is 0 Å². The number of hydrogen-bond acceptors (Lipinski definition) is 10. The van der Waals surface area contributed by atoms with Crippen LogP contribution in [0.2, 0.25) is 0 Å². The van der Waals surface area contributed by atoms with E-state index in [2.05, 4.69) is 5.32 Å². The molecular weight excluding hydrogens is 610 g/mol. The van der Waals surface area contributed by atoms with Gasteiger partial charge in [0.1, 0.15) is 17.6 Å². The van der Waals surface area contributed by atoms with Crippen LogP contribution in [-0.2, 0) is 14.2 Å². The predicted octanol–water partition coefficient (Wildman–Crippen LogP) is 4.05. The van der Waals surface area contributed by atoms with Crippen LogP contribution in [0.5, 0.6) is 11.5 Å². The minimum absolute atomic E-state index is 0.0324. The third-order valence-electron chi connectivity index (χ3n) is 7.53. The Morgan fingerprint density at radius 3 is 2.15 bits per heavy atom. The van der Waals surface area contributed by atoms with Crippen LogP contribution >= 0.6 is 0 Å². The van der Waals surface area contributed by atoms with E-state index in [1.165, 1.54) is 43.4 Å². The van der Waals surface area contributed by atoms with Gasteiger partial charge in [0, 0.05) is 58.2 Å². The molecule has 13 heteroatoms. The standard InChI is InChI=1S/C34H39N3O10/c1-36(2)25-13-16-29(46-21-44-4)27(18-25)31(38)22-7-9-24(10-8-22)33(40)47-30-6-5-17-37(34(41)42)19-28(30)35-32(39)23-11-14-26(15-12-23)45-20-43-3/h7-16,18,28,30H,5-6,17,19-21H2,1-4H3,(H,35,39)(H,41,42)/t28-,30-/m1/s1. The number of methoxy groups -OCH3 is 2. The summed E-state index contributed by atoms with van der Waals surface area (Å²) in [5.41, 5.74) is 1.97. The van der Waals surface area contributed by atoms with Crippen LogP contribution in [0.4, 0.5) is 10.5 Å². The van der Waals surface area contributed by atoms with Crippen molar-refractivity contribution < 1.29 is 48.0 Å². The minimum Gasteiger partial charge on any atom is -0.468 e. The lowest BCUT2D eigenvalue weighted by Crippen LogP contribution is -2.51. The molecule has 0 bridgehead atoms. The zero-order valence-corrected chi connectivity index (χ0v) is 26.8. The van der Waals surface area contributed by atoms with Crippen molar-refractivity contribution in [3.8, 4) is 11.5 Å². The van der Waals surface area contributed by atoms with Crippen molar-refractivity contribution in [1.82, 2.24) is 10.2 Å². The first-order valence-corrected chi connectivity index (χ1v) is 14.9. The predicted molar refractivity (Wildman–Crippen MR) is 171 cm³/mol. The van der Waals surface area contributed by atoms with Crippen molar-refractivity contribution in [2.45, 2.75) is 25.0 Å². The van der Waals surface area contributed by atoms with Crippen LogP contribution in [0.25, 0.3) is 0 Å². The highest BCUT2D eigenvalue weighted by molar-refractivity contribution is 6.11.